The summed E-state index contributed by atoms with van der Waals surface area (Å²) in [4.78, 5) is 8.23. The third-order valence-corrected chi connectivity index (χ3v) is 5.44. The molecule has 1 atom stereocenters. The molecule has 1 aromatic heterocycles. The standard InChI is InChI=1S/C22H28N3P.C5H9NO.C2H6/c1-6-20(21-8-7-15-26-21)22(23-14-13-16(2)3)25-18(5)24-19-11-9-17(4)10-12-19;1-4-7-5(2)6-3;1-2/h6-12,15,23,26H,1-2,13-14H2,3-5H3,(H,24,25);2-4H2,1H3;1-2H3/b22-20+;;. The first-order valence-corrected chi connectivity index (χ1v) is 12.9. The summed E-state index contributed by atoms with van der Waals surface area (Å²) < 4.78 is 4.77. The Labute approximate surface area is 214 Å². The van der Waals surface area contributed by atoms with Gasteiger partial charge in [-0.3, -0.25) is 0 Å². The fraction of sp³-hybridized carbons (Fsp3) is 0.310. The van der Waals surface area contributed by atoms with E-state index in [4.69, 9.17) is 9.73 Å². The van der Waals surface area contributed by atoms with E-state index in [1.54, 1.807) is 0 Å². The second kappa shape index (κ2) is 19.1. The van der Waals surface area contributed by atoms with E-state index in [1.807, 2.05) is 40.7 Å². The Kier molecular flexibility index (Phi) is 17.3. The molecule has 1 heterocycles. The van der Waals surface area contributed by atoms with Gasteiger partial charge in [-0.25, -0.2) is 9.98 Å². The molecule has 5 nitrogen and oxygen atoms in total. The average Bonchev–Trinajstić information content (AvgIpc) is 3.37. The van der Waals surface area contributed by atoms with E-state index in [1.165, 1.54) is 10.9 Å². The van der Waals surface area contributed by atoms with E-state index >= 15 is 0 Å². The summed E-state index contributed by atoms with van der Waals surface area (Å²) in [5.74, 6) is 4.25. The minimum atomic E-state index is 0.391. The van der Waals surface area contributed by atoms with Gasteiger partial charge in [0.25, 0.3) is 0 Å². The van der Waals surface area contributed by atoms with Crippen LogP contribution in [0.25, 0.3) is 5.57 Å². The van der Waals surface area contributed by atoms with E-state index in [2.05, 4.69) is 91.2 Å². The Morgan fingerprint density at radius 2 is 1.77 bits per heavy atom. The molecule has 2 rings (SSSR count). The second-order valence-electron chi connectivity index (χ2n) is 7.36. The maximum atomic E-state index is 4.82. The lowest BCUT2D eigenvalue weighted by atomic mass is 10.2. The van der Waals surface area contributed by atoms with E-state index in [-0.39, 0.29) is 0 Å². The van der Waals surface area contributed by atoms with Crippen molar-refractivity contribution in [1.29, 1.82) is 0 Å². The predicted molar refractivity (Wildman–Crippen MR) is 160 cm³/mol. The average molecular weight is 495 g/mol. The Morgan fingerprint density at radius 1 is 1.11 bits per heavy atom. The van der Waals surface area contributed by atoms with Crippen LogP contribution in [0.4, 0.5) is 5.69 Å². The molecule has 6 heteroatoms. The number of allylic oxidation sites excluding steroid dienone is 2. The van der Waals surface area contributed by atoms with Gasteiger partial charge < -0.3 is 15.4 Å². The molecule has 0 saturated carbocycles. The first-order chi connectivity index (χ1) is 16.8. The molecule has 0 radical (unpaired) electrons. The lowest BCUT2D eigenvalue weighted by Gasteiger charge is -2.13. The molecule has 0 aliphatic carbocycles. The van der Waals surface area contributed by atoms with Crippen molar-refractivity contribution in [2.45, 2.75) is 48.0 Å². The van der Waals surface area contributed by atoms with Crippen molar-refractivity contribution < 1.29 is 4.74 Å². The van der Waals surface area contributed by atoms with Crippen LogP contribution in [0.1, 0.15) is 51.9 Å². The number of hydrogen-bond donors (Lipinski definition) is 2. The van der Waals surface area contributed by atoms with Crippen molar-refractivity contribution in [1.82, 2.24) is 5.32 Å². The molecule has 0 spiro atoms. The van der Waals surface area contributed by atoms with Crippen molar-refractivity contribution in [2.75, 3.05) is 18.5 Å². The van der Waals surface area contributed by atoms with Gasteiger partial charge in [0.2, 0.25) is 5.88 Å². The minimum absolute atomic E-state index is 0.391. The fourth-order valence-electron chi connectivity index (χ4n) is 2.68. The molecule has 0 saturated heterocycles. The molecule has 0 aliphatic rings. The molecule has 0 fully saturated rings. The highest BCUT2D eigenvalue weighted by atomic mass is 31.0. The summed E-state index contributed by atoms with van der Waals surface area (Å²) in [6.07, 6.45) is 2.80. The summed E-state index contributed by atoms with van der Waals surface area (Å²) in [5, 5.41) is 8.07. The van der Waals surface area contributed by atoms with Gasteiger partial charge in [0.15, 0.2) is 0 Å². The quantitative estimate of drug-likeness (QED) is 0.109. The third kappa shape index (κ3) is 13.9. The van der Waals surface area contributed by atoms with Crippen LogP contribution in [0.2, 0.25) is 0 Å². The monoisotopic (exact) mass is 494 g/mol. The zero-order chi connectivity index (χ0) is 26.6. The number of anilines is 1. The number of rotatable bonds is 11. The zero-order valence-electron chi connectivity index (χ0n) is 22.4. The first kappa shape index (κ1) is 31.7. The number of nitrogens with zero attached hydrogens (tertiary/aromatic N) is 2. The number of hydrogen-bond acceptors (Lipinski definition) is 4. The van der Waals surface area contributed by atoms with Crippen LogP contribution in [0.3, 0.4) is 0 Å². The van der Waals surface area contributed by atoms with E-state index < -0.39 is 0 Å². The summed E-state index contributed by atoms with van der Waals surface area (Å²) in [6.45, 7) is 28.0. The first-order valence-electron chi connectivity index (χ1n) is 11.9. The van der Waals surface area contributed by atoms with Crippen molar-refractivity contribution in [3.8, 4) is 0 Å². The SMILES string of the molecule is C=C/C(=C(\N=C(/C)Nc1ccc(C)cc1)NCCC(=C)C)c1ccc[pH]1.C=NC(=C)OCC.CC. The van der Waals surface area contributed by atoms with Crippen LogP contribution < -0.4 is 10.6 Å². The highest BCUT2D eigenvalue weighted by Gasteiger charge is 2.07. The minimum Gasteiger partial charge on any atom is -0.478 e. The molecule has 1 aromatic carbocycles. The molecule has 190 valence electrons. The van der Waals surface area contributed by atoms with E-state index in [9.17, 15) is 0 Å². The van der Waals surface area contributed by atoms with Gasteiger partial charge >= 0.3 is 0 Å². The van der Waals surface area contributed by atoms with Crippen LogP contribution in [0.5, 0.6) is 0 Å². The van der Waals surface area contributed by atoms with Crippen LogP contribution in [-0.2, 0) is 4.74 Å². The molecule has 0 aliphatic heterocycles. The number of amidine groups is 1. The lowest BCUT2D eigenvalue weighted by molar-refractivity contribution is 0.229. The Balaban J connectivity index is 0.00000110. The smallest absolute Gasteiger partial charge is 0.205 e. The molecule has 2 N–H and O–H groups in total. The lowest BCUT2D eigenvalue weighted by Crippen LogP contribution is -2.18. The summed E-state index contributed by atoms with van der Waals surface area (Å²) >= 11 is 0. The topological polar surface area (TPSA) is 58.0 Å². The Bertz CT molecular complexity index is 971. The summed E-state index contributed by atoms with van der Waals surface area (Å²) in [5.41, 5.74) is 4.48. The highest BCUT2D eigenvalue weighted by molar-refractivity contribution is 7.31. The molecule has 2 aromatic rings. The number of aryl methyl sites for hydroxylation is 1. The van der Waals surface area contributed by atoms with Gasteiger partial charge in [-0.2, -0.15) is 0 Å². The fourth-order valence-corrected chi connectivity index (χ4v) is 3.62. The molecule has 35 heavy (non-hydrogen) atoms. The van der Waals surface area contributed by atoms with Gasteiger partial charge in [-0.1, -0.05) is 61.9 Å². The van der Waals surface area contributed by atoms with Gasteiger partial charge in [0.05, 0.1) is 6.61 Å². The van der Waals surface area contributed by atoms with Crippen molar-refractivity contribution in [3.63, 3.8) is 0 Å². The number of ether oxygens (including phenoxy) is 1. The van der Waals surface area contributed by atoms with Crippen LogP contribution >= 0.6 is 8.19 Å². The van der Waals surface area contributed by atoms with Gasteiger partial charge in [0.1, 0.15) is 11.7 Å². The normalized spacial score (nSPS) is 11.1. The van der Waals surface area contributed by atoms with Crippen molar-refractivity contribution in [2.24, 2.45) is 9.98 Å². The summed E-state index contributed by atoms with van der Waals surface area (Å²) in [7, 11) is 0.653. The highest BCUT2D eigenvalue weighted by Crippen LogP contribution is 2.27. The second-order valence-corrected chi connectivity index (χ2v) is 8.52. The van der Waals surface area contributed by atoms with E-state index in [0.717, 1.165) is 41.5 Å². The zero-order valence-corrected chi connectivity index (χ0v) is 23.4. The van der Waals surface area contributed by atoms with Crippen molar-refractivity contribution >= 4 is 32.0 Å². The number of aliphatic imine (C=N–C) groups is 2. The van der Waals surface area contributed by atoms with Crippen LogP contribution in [0, 0.1) is 6.92 Å². The van der Waals surface area contributed by atoms with Crippen molar-refractivity contribution in [3.05, 3.63) is 96.1 Å². The maximum absolute atomic E-state index is 4.82. The molecule has 0 amide bonds. The predicted octanol–water partition coefficient (Wildman–Crippen LogP) is 8.19. The molecule has 1 unspecified atom stereocenters. The third-order valence-electron chi connectivity index (χ3n) is 4.34. The van der Waals surface area contributed by atoms with Gasteiger partial charge in [0, 0.05) is 23.1 Å². The largest absolute Gasteiger partial charge is 0.478 e. The Hall–Kier alpha value is -3.30. The van der Waals surface area contributed by atoms with Gasteiger partial charge in [-0.15, -0.1) is 14.8 Å². The van der Waals surface area contributed by atoms with Crippen LogP contribution in [0.15, 0.2) is 95.3 Å². The summed E-state index contributed by atoms with van der Waals surface area (Å²) in [6, 6.07) is 12.5. The number of nitrogens with one attached hydrogen (secondary N) is 2. The van der Waals surface area contributed by atoms with Crippen LogP contribution in [-0.4, -0.2) is 25.7 Å². The maximum Gasteiger partial charge on any atom is 0.205 e. The Morgan fingerprint density at radius 3 is 2.23 bits per heavy atom. The molecular weight excluding hydrogens is 451 g/mol. The van der Waals surface area contributed by atoms with Gasteiger partial charge in [-0.05, 0) is 65.3 Å². The molecular formula is C29H43N4OP. The number of benzene rings is 1. The molecule has 0 bridgehead atoms. The van der Waals surface area contributed by atoms with E-state index in [0.29, 0.717) is 20.7 Å².